The molecule has 0 spiro atoms. The fraction of sp³-hybridized carbons (Fsp3) is 0.412. The van der Waals surface area contributed by atoms with Gasteiger partial charge in [0.25, 0.3) is 0 Å². The molecule has 21 heavy (non-hydrogen) atoms. The van der Waals surface area contributed by atoms with Crippen molar-refractivity contribution in [1.82, 2.24) is 0 Å². The Kier molecular flexibility index (Phi) is 5.47. The van der Waals surface area contributed by atoms with Gasteiger partial charge in [0, 0.05) is 21.3 Å². The predicted octanol–water partition coefficient (Wildman–Crippen LogP) is 5.28. The van der Waals surface area contributed by atoms with Crippen LogP contribution in [0.25, 0.3) is 0 Å². The minimum Gasteiger partial charge on any atom is -0.484 e. The van der Waals surface area contributed by atoms with Crippen molar-refractivity contribution in [3.63, 3.8) is 0 Å². The zero-order valence-electron chi connectivity index (χ0n) is 12.7. The lowest BCUT2D eigenvalue weighted by atomic mass is 9.82. The van der Waals surface area contributed by atoms with E-state index in [1.165, 1.54) is 5.56 Å². The van der Waals surface area contributed by atoms with Crippen LogP contribution >= 0.6 is 27.3 Å². The van der Waals surface area contributed by atoms with Crippen molar-refractivity contribution >= 4 is 27.3 Å². The summed E-state index contributed by atoms with van der Waals surface area (Å²) in [4.78, 5) is 1.14. The molecule has 1 aromatic heterocycles. The maximum absolute atomic E-state index is 6.03. The van der Waals surface area contributed by atoms with Crippen molar-refractivity contribution in [3.8, 4) is 5.75 Å². The van der Waals surface area contributed by atoms with Crippen LogP contribution in [-0.4, -0.2) is 6.54 Å². The lowest BCUT2D eigenvalue weighted by Crippen LogP contribution is -2.18. The topological polar surface area (TPSA) is 35.2 Å². The highest BCUT2D eigenvalue weighted by Gasteiger charge is 2.18. The Morgan fingerprint density at radius 2 is 1.95 bits per heavy atom. The Balaban J connectivity index is 2.12. The third kappa shape index (κ3) is 4.09. The molecule has 0 amide bonds. The van der Waals surface area contributed by atoms with Gasteiger partial charge in [0.1, 0.15) is 11.9 Å². The second-order valence-electron chi connectivity index (χ2n) is 5.77. The number of nitrogens with two attached hydrogens (primary N) is 1. The van der Waals surface area contributed by atoms with Gasteiger partial charge in [-0.25, -0.2) is 0 Å². The Morgan fingerprint density at radius 1 is 1.29 bits per heavy atom. The van der Waals surface area contributed by atoms with Crippen molar-refractivity contribution in [3.05, 3.63) is 50.6 Å². The average molecular weight is 368 g/mol. The standard InChI is InChI=1S/C17H22BrNOS/c1-4-17(2,3)12-5-7-14(8-6-12)20-15(10-19)16-9-13(18)11-21-16/h5-9,11,15H,4,10,19H2,1-3H3. The summed E-state index contributed by atoms with van der Waals surface area (Å²) in [6.07, 6.45) is 1.02. The van der Waals surface area contributed by atoms with Gasteiger partial charge in [-0.15, -0.1) is 11.3 Å². The first-order valence-corrected chi connectivity index (χ1v) is 8.84. The third-order valence-corrected chi connectivity index (χ3v) is 5.70. The van der Waals surface area contributed by atoms with Crippen molar-refractivity contribution in [2.75, 3.05) is 6.54 Å². The number of hydrogen-bond acceptors (Lipinski definition) is 3. The molecule has 4 heteroatoms. The molecule has 114 valence electrons. The zero-order chi connectivity index (χ0) is 15.5. The molecule has 2 N–H and O–H groups in total. The largest absolute Gasteiger partial charge is 0.484 e. The van der Waals surface area contributed by atoms with Gasteiger partial charge in [-0.2, -0.15) is 0 Å². The molecule has 0 saturated carbocycles. The second-order valence-corrected chi connectivity index (χ2v) is 7.63. The van der Waals surface area contributed by atoms with Gasteiger partial charge < -0.3 is 10.5 Å². The van der Waals surface area contributed by atoms with Crippen LogP contribution in [0.1, 0.15) is 43.7 Å². The van der Waals surface area contributed by atoms with Crippen LogP contribution in [0.5, 0.6) is 5.75 Å². The number of thiophene rings is 1. The van der Waals surface area contributed by atoms with Crippen molar-refractivity contribution in [2.45, 2.75) is 38.7 Å². The van der Waals surface area contributed by atoms with E-state index in [0.29, 0.717) is 6.54 Å². The molecular formula is C17H22BrNOS. The highest BCUT2D eigenvalue weighted by molar-refractivity contribution is 9.10. The Hall–Kier alpha value is -0.840. The van der Waals surface area contributed by atoms with Crippen LogP contribution in [0, 0.1) is 0 Å². The van der Waals surface area contributed by atoms with Gasteiger partial charge in [0.15, 0.2) is 0 Å². The van der Waals surface area contributed by atoms with Crippen molar-refractivity contribution < 1.29 is 4.74 Å². The molecule has 0 aliphatic rings. The summed E-state index contributed by atoms with van der Waals surface area (Å²) in [5, 5.41) is 2.05. The molecule has 0 saturated heterocycles. The van der Waals surface area contributed by atoms with E-state index in [1.807, 2.05) is 17.5 Å². The molecule has 0 radical (unpaired) electrons. The van der Waals surface area contributed by atoms with E-state index in [1.54, 1.807) is 11.3 Å². The van der Waals surface area contributed by atoms with Gasteiger partial charge in [-0.05, 0) is 51.5 Å². The number of hydrogen-bond donors (Lipinski definition) is 1. The minimum absolute atomic E-state index is 0.0914. The summed E-state index contributed by atoms with van der Waals surface area (Å²) in [5.74, 6) is 0.866. The van der Waals surface area contributed by atoms with Crippen LogP contribution in [-0.2, 0) is 5.41 Å². The predicted molar refractivity (Wildman–Crippen MR) is 94.2 cm³/mol. The maximum atomic E-state index is 6.03. The fourth-order valence-corrected chi connectivity index (χ4v) is 3.56. The molecule has 2 nitrogen and oxygen atoms in total. The lowest BCUT2D eigenvalue weighted by molar-refractivity contribution is 0.218. The summed E-state index contributed by atoms with van der Waals surface area (Å²) in [6, 6.07) is 10.4. The van der Waals surface area contributed by atoms with Gasteiger partial charge in [-0.3, -0.25) is 0 Å². The molecule has 2 aromatic rings. The molecular weight excluding hydrogens is 346 g/mol. The number of benzene rings is 1. The molecule has 0 bridgehead atoms. The molecule has 0 aliphatic heterocycles. The van der Waals surface area contributed by atoms with Crippen LogP contribution in [0.4, 0.5) is 0 Å². The van der Waals surface area contributed by atoms with E-state index in [-0.39, 0.29) is 11.5 Å². The molecule has 2 rings (SSSR count). The van der Waals surface area contributed by atoms with Crippen LogP contribution in [0.2, 0.25) is 0 Å². The van der Waals surface area contributed by atoms with Crippen LogP contribution in [0.3, 0.4) is 0 Å². The Morgan fingerprint density at radius 3 is 2.43 bits per heavy atom. The monoisotopic (exact) mass is 367 g/mol. The second kappa shape index (κ2) is 6.95. The van der Waals surface area contributed by atoms with Crippen LogP contribution < -0.4 is 10.5 Å². The Labute approximate surface area is 139 Å². The lowest BCUT2D eigenvalue weighted by Gasteiger charge is -2.24. The molecule has 1 atom stereocenters. The minimum atomic E-state index is -0.0914. The fourth-order valence-electron chi connectivity index (χ4n) is 2.07. The summed E-state index contributed by atoms with van der Waals surface area (Å²) >= 11 is 5.13. The first kappa shape index (κ1) is 16.5. The SMILES string of the molecule is CCC(C)(C)c1ccc(OC(CN)c2cc(Br)cs2)cc1. The van der Waals surface area contributed by atoms with Gasteiger partial charge in [0.2, 0.25) is 0 Å². The molecule has 1 heterocycles. The zero-order valence-corrected chi connectivity index (χ0v) is 15.1. The van der Waals surface area contributed by atoms with Gasteiger partial charge in [0.05, 0.1) is 0 Å². The highest BCUT2D eigenvalue weighted by Crippen LogP contribution is 2.31. The molecule has 1 aromatic carbocycles. The van der Waals surface area contributed by atoms with Gasteiger partial charge >= 0.3 is 0 Å². The van der Waals surface area contributed by atoms with E-state index in [4.69, 9.17) is 10.5 Å². The summed E-state index contributed by atoms with van der Waals surface area (Å²) in [5.41, 5.74) is 7.38. The van der Waals surface area contributed by atoms with E-state index in [9.17, 15) is 0 Å². The maximum Gasteiger partial charge on any atom is 0.145 e. The first-order valence-electron chi connectivity index (χ1n) is 7.17. The smallest absolute Gasteiger partial charge is 0.145 e. The van der Waals surface area contributed by atoms with Crippen molar-refractivity contribution in [1.29, 1.82) is 0 Å². The van der Waals surface area contributed by atoms with E-state index in [2.05, 4.69) is 54.9 Å². The summed E-state index contributed by atoms with van der Waals surface area (Å²) in [7, 11) is 0. The summed E-state index contributed by atoms with van der Waals surface area (Å²) < 4.78 is 7.10. The summed E-state index contributed by atoms with van der Waals surface area (Å²) in [6.45, 7) is 7.20. The highest BCUT2D eigenvalue weighted by atomic mass is 79.9. The average Bonchev–Trinajstić information content (AvgIpc) is 2.91. The molecule has 1 unspecified atom stereocenters. The van der Waals surface area contributed by atoms with Crippen molar-refractivity contribution in [2.24, 2.45) is 5.73 Å². The van der Waals surface area contributed by atoms with E-state index in [0.717, 1.165) is 21.5 Å². The number of ether oxygens (including phenoxy) is 1. The first-order chi connectivity index (χ1) is 9.96. The van der Waals surface area contributed by atoms with E-state index >= 15 is 0 Å². The number of halogens is 1. The van der Waals surface area contributed by atoms with Crippen LogP contribution in [0.15, 0.2) is 40.2 Å². The Bertz CT molecular complexity index is 577. The molecule has 0 aliphatic carbocycles. The third-order valence-electron chi connectivity index (χ3n) is 3.92. The molecule has 0 fully saturated rings. The number of rotatable bonds is 6. The van der Waals surface area contributed by atoms with E-state index < -0.39 is 0 Å². The van der Waals surface area contributed by atoms with Gasteiger partial charge in [-0.1, -0.05) is 32.9 Å². The quantitative estimate of drug-likeness (QED) is 0.753. The normalized spacial score (nSPS) is 13.2.